The number of hydrogen-bond acceptors (Lipinski definition) is 2. The Balaban J connectivity index is 1.95. The van der Waals surface area contributed by atoms with Gasteiger partial charge in [-0.05, 0) is 50.4 Å². The second kappa shape index (κ2) is 5.13. The first-order valence-electron chi connectivity index (χ1n) is 6.75. The summed E-state index contributed by atoms with van der Waals surface area (Å²) in [6.45, 7) is 2.02. The van der Waals surface area contributed by atoms with Gasteiger partial charge in [0.05, 0.1) is 5.52 Å². The molecule has 2 heterocycles. The molecule has 1 atom stereocenters. The summed E-state index contributed by atoms with van der Waals surface area (Å²) in [5.74, 6) is 0.126. The summed E-state index contributed by atoms with van der Waals surface area (Å²) in [5.41, 5.74) is 0.896. The monoisotopic (exact) mass is 260 g/mol. The molecule has 0 radical (unpaired) electrons. The SMILES string of the molecule is O=c1[nH]c2c(F)cccc2cc1CC1CCCNC1. The molecular weight excluding hydrogens is 243 g/mol. The van der Waals surface area contributed by atoms with Crippen molar-refractivity contribution in [3.63, 3.8) is 0 Å². The fourth-order valence-corrected chi connectivity index (χ4v) is 2.80. The molecule has 1 aliphatic heterocycles. The number of hydrogen-bond donors (Lipinski definition) is 2. The maximum absolute atomic E-state index is 13.6. The Morgan fingerprint density at radius 3 is 3.05 bits per heavy atom. The Labute approximate surface area is 110 Å². The summed E-state index contributed by atoms with van der Waals surface area (Å²) >= 11 is 0. The van der Waals surface area contributed by atoms with Gasteiger partial charge < -0.3 is 10.3 Å². The number of halogens is 1. The van der Waals surface area contributed by atoms with E-state index in [1.54, 1.807) is 6.07 Å². The van der Waals surface area contributed by atoms with Crippen molar-refractivity contribution in [2.45, 2.75) is 19.3 Å². The largest absolute Gasteiger partial charge is 0.319 e. The lowest BCUT2D eigenvalue weighted by Gasteiger charge is -2.22. The van der Waals surface area contributed by atoms with Crippen LogP contribution in [0, 0.1) is 11.7 Å². The molecule has 0 bridgehead atoms. The quantitative estimate of drug-likeness (QED) is 0.869. The minimum Gasteiger partial charge on any atom is -0.319 e. The Bertz CT molecular complexity index is 644. The smallest absolute Gasteiger partial charge is 0.251 e. The van der Waals surface area contributed by atoms with Crippen molar-refractivity contribution < 1.29 is 4.39 Å². The fraction of sp³-hybridized carbons (Fsp3) is 0.400. The first-order valence-corrected chi connectivity index (χ1v) is 6.75. The van der Waals surface area contributed by atoms with Crippen molar-refractivity contribution in [2.24, 2.45) is 5.92 Å². The van der Waals surface area contributed by atoms with Crippen molar-refractivity contribution in [2.75, 3.05) is 13.1 Å². The molecule has 1 aliphatic rings. The van der Waals surface area contributed by atoms with Crippen LogP contribution in [-0.2, 0) is 6.42 Å². The van der Waals surface area contributed by atoms with E-state index >= 15 is 0 Å². The molecule has 1 fully saturated rings. The predicted octanol–water partition coefficient (Wildman–Crippen LogP) is 2.21. The van der Waals surface area contributed by atoms with Gasteiger partial charge in [-0.3, -0.25) is 4.79 Å². The van der Waals surface area contributed by atoms with Crippen LogP contribution in [0.2, 0.25) is 0 Å². The van der Waals surface area contributed by atoms with E-state index in [-0.39, 0.29) is 11.4 Å². The van der Waals surface area contributed by atoms with Crippen LogP contribution in [0.4, 0.5) is 4.39 Å². The van der Waals surface area contributed by atoms with Gasteiger partial charge in [0.25, 0.3) is 5.56 Å². The zero-order chi connectivity index (χ0) is 13.2. The highest BCUT2D eigenvalue weighted by Crippen LogP contribution is 2.18. The lowest BCUT2D eigenvalue weighted by atomic mass is 9.92. The Morgan fingerprint density at radius 2 is 2.26 bits per heavy atom. The minimum absolute atomic E-state index is 0.164. The molecule has 2 N–H and O–H groups in total. The molecule has 1 saturated heterocycles. The molecular formula is C15H17FN2O. The number of piperidine rings is 1. The average molecular weight is 260 g/mol. The van der Waals surface area contributed by atoms with Gasteiger partial charge in [-0.2, -0.15) is 0 Å². The van der Waals surface area contributed by atoms with Gasteiger partial charge in [0.1, 0.15) is 5.82 Å². The lowest BCUT2D eigenvalue weighted by Crippen LogP contribution is -2.32. The Morgan fingerprint density at radius 1 is 1.37 bits per heavy atom. The summed E-state index contributed by atoms with van der Waals surface area (Å²) < 4.78 is 13.6. The van der Waals surface area contributed by atoms with Crippen LogP contribution >= 0.6 is 0 Å². The summed E-state index contributed by atoms with van der Waals surface area (Å²) in [5, 5.41) is 4.11. The van der Waals surface area contributed by atoms with E-state index in [9.17, 15) is 9.18 Å². The molecule has 0 amide bonds. The number of aromatic amines is 1. The summed E-state index contributed by atoms with van der Waals surface area (Å²) in [6, 6.07) is 6.69. The molecule has 19 heavy (non-hydrogen) atoms. The van der Waals surface area contributed by atoms with E-state index in [2.05, 4.69) is 10.3 Å². The van der Waals surface area contributed by atoms with E-state index in [0.717, 1.165) is 43.3 Å². The molecule has 4 heteroatoms. The summed E-state index contributed by atoms with van der Waals surface area (Å²) in [7, 11) is 0. The van der Waals surface area contributed by atoms with E-state index in [4.69, 9.17) is 0 Å². The number of benzene rings is 1. The van der Waals surface area contributed by atoms with Gasteiger partial charge in [-0.25, -0.2) is 4.39 Å². The van der Waals surface area contributed by atoms with Gasteiger partial charge in [-0.1, -0.05) is 12.1 Å². The van der Waals surface area contributed by atoms with Crippen molar-refractivity contribution in [3.8, 4) is 0 Å². The number of para-hydroxylation sites is 1. The molecule has 0 aliphatic carbocycles. The van der Waals surface area contributed by atoms with Gasteiger partial charge in [0.2, 0.25) is 0 Å². The number of pyridine rings is 1. The molecule has 1 aromatic heterocycles. The molecule has 100 valence electrons. The van der Waals surface area contributed by atoms with Gasteiger partial charge in [-0.15, -0.1) is 0 Å². The van der Waals surface area contributed by atoms with Crippen LogP contribution in [0.1, 0.15) is 18.4 Å². The highest BCUT2D eigenvalue weighted by atomic mass is 19.1. The number of rotatable bonds is 2. The number of nitrogens with one attached hydrogen (secondary N) is 2. The minimum atomic E-state index is -0.375. The molecule has 0 spiro atoms. The zero-order valence-corrected chi connectivity index (χ0v) is 10.7. The van der Waals surface area contributed by atoms with E-state index < -0.39 is 0 Å². The molecule has 2 aromatic rings. The summed E-state index contributed by atoms with van der Waals surface area (Å²) in [6.07, 6.45) is 3.06. The van der Waals surface area contributed by atoms with Crippen LogP contribution < -0.4 is 10.9 Å². The first-order chi connectivity index (χ1) is 9.24. The summed E-state index contributed by atoms with van der Waals surface area (Å²) in [4.78, 5) is 14.7. The van der Waals surface area contributed by atoms with Gasteiger partial charge in [0.15, 0.2) is 0 Å². The normalized spacial score (nSPS) is 19.7. The van der Waals surface area contributed by atoms with Crippen LogP contribution in [0.5, 0.6) is 0 Å². The van der Waals surface area contributed by atoms with Crippen molar-refractivity contribution in [1.29, 1.82) is 0 Å². The Kier molecular flexibility index (Phi) is 3.34. The lowest BCUT2D eigenvalue weighted by molar-refractivity contribution is 0.375. The maximum atomic E-state index is 13.6. The third-order valence-electron chi connectivity index (χ3n) is 3.81. The van der Waals surface area contributed by atoms with Crippen LogP contribution in [-0.4, -0.2) is 18.1 Å². The van der Waals surface area contributed by atoms with Crippen molar-refractivity contribution in [1.82, 2.24) is 10.3 Å². The number of fused-ring (bicyclic) bond motifs is 1. The van der Waals surface area contributed by atoms with Gasteiger partial charge >= 0.3 is 0 Å². The third-order valence-corrected chi connectivity index (χ3v) is 3.81. The van der Waals surface area contributed by atoms with Crippen LogP contribution in [0.3, 0.4) is 0 Å². The molecule has 0 saturated carbocycles. The molecule has 1 unspecified atom stereocenters. The fourth-order valence-electron chi connectivity index (χ4n) is 2.80. The molecule has 3 nitrogen and oxygen atoms in total. The van der Waals surface area contributed by atoms with Crippen LogP contribution in [0.15, 0.2) is 29.1 Å². The topological polar surface area (TPSA) is 44.9 Å². The zero-order valence-electron chi connectivity index (χ0n) is 10.7. The highest BCUT2D eigenvalue weighted by molar-refractivity contribution is 5.79. The van der Waals surface area contributed by atoms with Gasteiger partial charge in [0, 0.05) is 10.9 Å². The second-order valence-electron chi connectivity index (χ2n) is 5.24. The number of aromatic nitrogens is 1. The molecule has 3 rings (SSSR count). The number of H-pyrrole nitrogens is 1. The predicted molar refractivity (Wildman–Crippen MR) is 73.8 cm³/mol. The van der Waals surface area contributed by atoms with E-state index in [1.807, 2.05) is 12.1 Å². The van der Waals surface area contributed by atoms with E-state index in [1.165, 1.54) is 6.07 Å². The standard InChI is InChI=1S/C15H17FN2O/c16-13-5-1-4-11-8-12(15(19)18-14(11)13)7-10-3-2-6-17-9-10/h1,4-5,8,10,17H,2-3,6-7,9H2,(H,18,19). The van der Waals surface area contributed by atoms with Crippen molar-refractivity contribution >= 4 is 10.9 Å². The van der Waals surface area contributed by atoms with Crippen molar-refractivity contribution in [3.05, 3.63) is 46.0 Å². The average Bonchev–Trinajstić information content (AvgIpc) is 2.42. The maximum Gasteiger partial charge on any atom is 0.251 e. The highest BCUT2D eigenvalue weighted by Gasteiger charge is 2.16. The molecule has 1 aromatic carbocycles. The second-order valence-corrected chi connectivity index (χ2v) is 5.24. The van der Waals surface area contributed by atoms with Crippen LogP contribution in [0.25, 0.3) is 10.9 Å². The van der Waals surface area contributed by atoms with E-state index in [0.29, 0.717) is 11.4 Å². The third kappa shape index (κ3) is 2.54. The Hall–Kier alpha value is -1.68. The first kappa shape index (κ1) is 12.4.